The number of pyridine rings is 1. The average molecular weight is 280 g/mol. The van der Waals surface area contributed by atoms with Gasteiger partial charge in [-0.15, -0.1) is 0 Å². The fraction of sp³-hybridized carbons (Fsp3) is 0.667. The Morgan fingerprint density at radius 2 is 2.15 bits per heavy atom. The van der Waals surface area contributed by atoms with E-state index in [-0.39, 0.29) is 5.82 Å². The first kappa shape index (κ1) is 15.2. The second-order valence-corrected chi connectivity index (χ2v) is 5.56. The standard InChI is InChI=1S/C15H25FN4/c1-4-17-10-12-9-13(16)11-18-15(12)20(3)14-5-7-19(2)8-6-14/h9,11,14,17H,4-8,10H2,1-3H3. The van der Waals surface area contributed by atoms with Gasteiger partial charge >= 0.3 is 0 Å². The van der Waals surface area contributed by atoms with Crippen molar-refractivity contribution in [2.75, 3.05) is 38.6 Å². The lowest BCUT2D eigenvalue weighted by Gasteiger charge is -2.36. The molecule has 0 atom stereocenters. The molecule has 0 spiro atoms. The number of aromatic nitrogens is 1. The highest BCUT2D eigenvalue weighted by Crippen LogP contribution is 2.23. The second kappa shape index (κ2) is 6.99. The molecule has 0 aliphatic carbocycles. The third-order valence-electron chi connectivity index (χ3n) is 4.04. The SMILES string of the molecule is CCNCc1cc(F)cnc1N(C)C1CCN(C)CC1. The predicted molar refractivity (Wildman–Crippen MR) is 80.5 cm³/mol. The fourth-order valence-electron chi connectivity index (χ4n) is 2.74. The van der Waals surface area contributed by atoms with Crippen LogP contribution in [-0.2, 0) is 6.54 Å². The first-order valence-electron chi connectivity index (χ1n) is 7.38. The lowest BCUT2D eigenvalue weighted by Crippen LogP contribution is -2.42. The summed E-state index contributed by atoms with van der Waals surface area (Å²) >= 11 is 0. The van der Waals surface area contributed by atoms with E-state index in [1.54, 1.807) is 6.07 Å². The molecule has 0 amide bonds. The Morgan fingerprint density at radius 3 is 2.80 bits per heavy atom. The number of nitrogens with one attached hydrogen (secondary N) is 1. The van der Waals surface area contributed by atoms with Gasteiger partial charge in [0.2, 0.25) is 0 Å². The third-order valence-corrected chi connectivity index (χ3v) is 4.04. The Morgan fingerprint density at radius 1 is 1.45 bits per heavy atom. The highest BCUT2D eigenvalue weighted by Gasteiger charge is 2.23. The maximum atomic E-state index is 13.4. The molecule has 20 heavy (non-hydrogen) atoms. The van der Waals surface area contributed by atoms with Crippen molar-refractivity contribution in [1.82, 2.24) is 15.2 Å². The molecule has 2 heterocycles. The highest BCUT2D eigenvalue weighted by molar-refractivity contribution is 5.47. The molecule has 0 unspecified atom stereocenters. The van der Waals surface area contributed by atoms with E-state index in [1.165, 1.54) is 6.20 Å². The zero-order chi connectivity index (χ0) is 14.5. The number of piperidine rings is 1. The largest absolute Gasteiger partial charge is 0.356 e. The molecule has 4 nitrogen and oxygen atoms in total. The van der Waals surface area contributed by atoms with E-state index in [9.17, 15) is 4.39 Å². The van der Waals surface area contributed by atoms with Crippen LogP contribution < -0.4 is 10.2 Å². The van der Waals surface area contributed by atoms with Crippen LogP contribution in [0, 0.1) is 5.82 Å². The highest BCUT2D eigenvalue weighted by atomic mass is 19.1. The summed E-state index contributed by atoms with van der Waals surface area (Å²) in [5, 5.41) is 3.26. The first-order chi connectivity index (χ1) is 9.61. The van der Waals surface area contributed by atoms with Gasteiger partial charge in [0.1, 0.15) is 11.6 Å². The summed E-state index contributed by atoms with van der Waals surface area (Å²) < 4.78 is 13.4. The van der Waals surface area contributed by atoms with Crippen LogP contribution in [0.15, 0.2) is 12.3 Å². The Bertz CT molecular complexity index is 430. The number of rotatable bonds is 5. The van der Waals surface area contributed by atoms with Crippen LogP contribution in [0.2, 0.25) is 0 Å². The molecule has 1 aliphatic rings. The number of hydrogen-bond acceptors (Lipinski definition) is 4. The third kappa shape index (κ3) is 3.67. The van der Waals surface area contributed by atoms with Gasteiger partial charge in [0.15, 0.2) is 0 Å². The first-order valence-corrected chi connectivity index (χ1v) is 7.38. The van der Waals surface area contributed by atoms with Crippen LogP contribution in [0.5, 0.6) is 0 Å². The van der Waals surface area contributed by atoms with Gasteiger partial charge in [0, 0.05) is 25.2 Å². The summed E-state index contributed by atoms with van der Waals surface area (Å²) in [4.78, 5) is 8.89. The van der Waals surface area contributed by atoms with Crippen molar-refractivity contribution in [3.63, 3.8) is 0 Å². The van der Waals surface area contributed by atoms with E-state index >= 15 is 0 Å². The van der Waals surface area contributed by atoms with Crippen molar-refractivity contribution in [1.29, 1.82) is 0 Å². The molecule has 5 heteroatoms. The molecule has 1 aromatic rings. The minimum atomic E-state index is -0.265. The second-order valence-electron chi connectivity index (χ2n) is 5.56. The van der Waals surface area contributed by atoms with Gasteiger partial charge in [0.05, 0.1) is 6.20 Å². The van der Waals surface area contributed by atoms with Gasteiger partial charge in [0.25, 0.3) is 0 Å². The normalized spacial score (nSPS) is 17.4. The van der Waals surface area contributed by atoms with Gasteiger partial charge in [-0.25, -0.2) is 9.37 Å². The molecule has 112 valence electrons. The Balaban J connectivity index is 2.13. The minimum Gasteiger partial charge on any atom is -0.356 e. The van der Waals surface area contributed by atoms with E-state index in [2.05, 4.69) is 34.2 Å². The summed E-state index contributed by atoms with van der Waals surface area (Å²) in [6.45, 7) is 5.80. The molecule has 1 N–H and O–H groups in total. The molecule has 0 bridgehead atoms. The zero-order valence-electron chi connectivity index (χ0n) is 12.7. The van der Waals surface area contributed by atoms with Crippen LogP contribution in [-0.4, -0.2) is 49.7 Å². The van der Waals surface area contributed by atoms with Crippen molar-refractivity contribution in [2.45, 2.75) is 32.4 Å². The van der Waals surface area contributed by atoms with Crippen molar-refractivity contribution in [3.8, 4) is 0 Å². The number of halogens is 1. The van der Waals surface area contributed by atoms with Crippen LogP contribution in [0.25, 0.3) is 0 Å². The quantitative estimate of drug-likeness (QED) is 0.892. The number of nitrogens with zero attached hydrogens (tertiary/aromatic N) is 3. The van der Waals surface area contributed by atoms with Crippen LogP contribution in [0.1, 0.15) is 25.3 Å². The Kier molecular flexibility index (Phi) is 5.31. The van der Waals surface area contributed by atoms with E-state index in [1.807, 2.05) is 6.92 Å². The summed E-state index contributed by atoms with van der Waals surface area (Å²) in [5.41, 5.74) is 0.938. The van der Waals surface area contributed by atoms with E-state index in [4.69, 9.17) is 0 Å². The van der Waals surface area contributed by atoms with Crippen molar-refractivity contribution >= 4 is 5.82 Å². The van der Waals surface area contributed by atoms with E-state index in [0.717, 1.165) is 43.9 Å². The van der Waals surface area contributed by atoms with Gasteiger partial charge in [-0.05, 0) is 45.6 Å². The lowest BCUT2D eigenvalue weighted by molar-refractivity contribution is 0.252. The molecule has 0 saturated carbocycles. The molecule has 2 rings (SSSR count). The molecule has 1 aromatic heterocycles. The molecule has 1 aliphatic heterocycles. The Hall–Kier alpha value is -1.20. The molecular weight excluding hydrogens is 255 g/mol. The summed E-state index contributed by atoms with van der Waals surface area (Å²) in [5.74, 6) is 0.639. The zero-order valence-corrected chi connectivity index (χ0v) is 12.7. The summed E-state index contributed by atoms with van der Waals surface area (Å²) in [7, 11) is 4.23. The van der Waals surface area contributed by atoms with Gasteiger partial charge < -0.3 is 15.1 Å². The van der Waals surface area contributed by atoms with Crippen molar-refractivity contribution < 1.29 is 4.39 Å². The maximum absolute atomic E-state index is 13.4. The number of hydrogen-bond donors (Lipinski definition) is 1. The van der Waals surface area contributed by atoms with Crippen LogP contribution in [0.4, 0.5) is 10.2 Å². The monoisotopic (exact) mass is 280 g/mol. The fourth-order valence-corrected chi connectivity index (χ4v) is 2.74. The Labute approximate surface area is 121 Å². The van der Waals surface area contributed by atoms with Crippen molar-refractivity contribution in [3.05, 3.63) is 23.6 Å². The molecule has 0 radical (unpaired) electrons. The molecular formula is C15H25FN4. The van der Waals surface area contributed by atoms with Gasteiger partial charge in [-0.2, -0.15) is 0 Å². The number of anilines is 1. The molecule has 0 aromatic carbocycles. The molecule has 1 fully saturated rings. The van der Waals surface area contributed by atoms with Crippen molar-refractivity contribution in [2.24, 2.45) is 0 Å². The van der Waals surface area contributed by atoms with Gasteiger partial charge in [-0.1, -0.05) is 6.92 Å². The van der Waals surface area contributed by atoms with Gasteiger partial charge in [-0.3, -0.25) is 0 Å². The lowest BCUT2D eigenvalue weighted by atomic mass is 10.0. The van der Waals surface area contributed by atoms with E-state index in [0.29, 0.717) is 12.6 Å². The topological polar surface area (TPSA) is 31.4 Å². The summed E-state index contributed by atoms with van der Waals surface area (Å²) in [6, 6.07) is 2.08. The van der Waals surface area contributed by atoms with Crippen LogP contribution >= 0.6 is 0 Å². The predicted octanol–water partition coefficient (Wildman–Crippen LogP) is 1.86. The van der Waals surface area contributed by atoms with Crippen LogP contribution in [0.3, 0.4) is 0 Å². The molecule has 1 saturated heterocycles. The smallest absolute Gasteiger partial charge is 0.141 e. The maximum Gasteiger partial charge on any atom is 0.141 e. The minimum absolute atomic E-state index is 0.265. The summed E-state index contributed by atoms with van der Waals surface area (Å²) in [6.07, 6.45) is 3.58. The van der Waals surface area contributed by atoms with E-state index < -0.39 is 0 Å². The average Bonchev–Trinajstić information content (AvgIpc) is 2.45. The number of likely N-dealkylation sites (tertiary alicyclic amines) is 1.